The molecule has 3 rings (SSSR count). The number of aryl methyl sites for hydroxylation is 1. The molecule has 0 saturated carbocycles. The third-order valence-electron chi connectivity index (χ3n) is 3.20. The van der Waals surface area contributed by atoms with Crippen molar-refractivity contribution in [3.63, 3.8) is 0 Å². The summed E-state index contributed by atoms with van der Waals surface area (Å²) in [4.78, 5) is 12.7. The monoisotopic (exact) mass is 239 g/mol. The molecule has 0 saturated heterocycles. The smallest absolute Gasteiger partial charge is 0.151 e. The van der Waals surface area contributed by atoms with Gasteiger partial charge < -0.3 is 5.73 Å². The lowest BCUT2D eigenvalue weighted by Crippen LogP contribution is -2.00. The molecular weight excluding hydrogens is 226 g/mol. The molecule has 0 amide bonds. The van der Waals surface area contributed by atoms with E-state index in [0.717, 1.165) is 28.1 Å². The molecule has 3 aromatic heterocycles. The van der Waals surface area contributed by atoms with E-state index in [4.69, 9.17) is 5.73 Å². The van der Waals surface area contributed by atoms with Gasteiger partial charge in [-0.3, -0.25) is 4.57 Å². The second kappa shape index (κ2) is 3.80. The lowest BCUT2D eigenvalue weighted by Gasteiger charge is -2.05. The van der Waals surface area contributed by atoms with Crippen LogP contribution >= 0.6 is 0 Å². The second-order valence-electron chi connectivity index (χ2n) is 4.19. The summed E-state index contributed by atoms with van der Waals surface area (Å²) in [6.45, 7) is 4.06. The average Bonchev–Trinajstić information content (AvgIpc) is 2.64. The SMILES string of the molecule is Cc1c(C)n(-c2ccccn2)c2ncnc(N)c12. The average molecular weight is 239 g/mol. The Kier molecular flexibility index (Phi) is 2.26. The van der Waals surface area contributed by atoms with Gasteiger partial charge in [0.1, 0.15) is 18.0 Å². The molecule has 3 heterocycles. The van der Waals surface area contributed by atoms with Crippen molar-refractivity contribution in [3.05, 3.63) is 42.0 Å². The van der Waals surface area contributed by atoms with Crippen molar-refractivity contribution in [1.29, 1.82) is 0 Å². The van der Waals surface area contributed by atoms with Gasteiger partial charge in [0.05, 0.1) is 5.39 Å². The van der Waals surface area contributed by atoms with Gasteiger partial charge in [-0.15, -0.1) is 0 Å². The second-order valence-corrected chi connectivity index (χ2v) is 4.19. The molecule has 0 aliphatic heterocycles. The molecule has 0 fully saturated rings. The zero-order valence-electron chi connectivity index (χ0n) is 10.3. The molecule has 18 heavy (non-hydrogen) atoms. The van der Waals surface area contributed by atoms with E-state index in [1.165, 1.54) is 6.33 Å². The number of aromatic nitrogens is 4. The van der Waals surface area contributed by atoms with Gasteiger partial charge in [-0.2, -0.15) is 0 Å². The van der Waals surface area contributed by atoms with Gasteiger partial charge in [-0.1, -0.05) is 6.07 Å². The largest absolute Gasteiger partial charge is 0.383 e. The summed E-state index contributed by atoms with van der Waals surface area (Å²) in [5.74, 6) is 1.35. The number of nitrogen functional groups attached to an aromatic ring is 1. The maximum absolute atomic E-state index is 5.93. The molecule has 0 atom stereocenters. The van der Waals surface area contributed by atoms with E-state index in [0.29, 0.717) is 5.82 Å². The van der Waals surface area contributed by atoms with E-state index in [1.54, 1.807) is 6.20 Å². The first-order chi connectivity index (χ1) is 8.70. The number of rotatable bonds is 1. The lowest BCUT2D eigenvalue weighted by atomic mass is 10.2. The quantitative estimate of drug-likeness (QED) is 0.705. The van der Waals surface area contributed by atoms with E-state index in [9.17, 15) is 0 Å². The maximum Gasteiger partial charge on any atom is 0.151 e. The summed E-state index contributed by atoms with van der Waals surface area (Å²) in [5.41, 5.74) is 8.91. The highest BCUT2D eigenvalue weighted by atomic mass is 15.1. The van der Waals surface area contributed by atoms with Crippen molar-refractivity contribution in [1.82, 2.24) is 19.5 Å². The Labute approximate surface area is 104 Å². The van der Waals surface area contributed by atoms with Crippen LogP contribution in [0.5, 0.6) is 0 Å². The molecule has 0 aliphatic rings. The highest BCUT2D eigenvalue weighted by Crippen LogP contribution is 2.28. The lowest BCUT2D eigenvalue weighted by molar-refractivity contribution is 0.966. The van der Waals surface area contributed by atoms with Gasteiger partial charge in [-0.25, -0.2) is 15.0 Å². The minimum atomic E-state index is 0.510. The van der Waals surface area contributed by atoms with Crippen LogP contribution in [0.15, 0.2) is 30.7 Å². The number of hydrogen-bond donors (Lipinski definition) is 1. The molecular formula is C13H13N5. The zero-order valence-corrected chi connectivity index (χ0v) is 10.3. The maximum atomic E-state index is 5.93. The first-order valence-corrected chi connectivity index (χ1v) is 5.69. The first-order valence-electron chi connectivity index (χ1n) is 5.69. The Morgan fingerprint density at radius 1 is 1.11 bits per heavy atom. The van der Waals surface area contributed by atoms with Crippen molar-refractivity contribution in [2.24, 2.45) is 0 Å². The van der Waals surface area contributed by atoms with Gasteiger partial charge >= 0.3 is 0 Å². The van der Waals surface area contributed by atoms with Gasteiger partial charge in [0.2, 0.25) is 0 Å². The summed E-state index contributed by atoms with van der Waals surface area (Å²) in [7, 11) is 0. The van der Waals surface area contributed by atoms with Crippen molar-refractivity contribution in [2.45, 2.75) is 13.8 Å². The predicted molar refractivity (Wildman–Crippen MR) is 70.5 cm³/mol. The van der Waals surface area contributed by atoms with Crippen molar-refractivity contribution >= 4 is 16.9 Å². The number of nitrogens with two attached hydrogens (primary N) is 1. The summed E-state index contributed by atoms with van der Waals surface area (Å²) in [6.07, 6.45) is 3.25. The van der Waals surface area contributed by atoms with Crippen LogP contribution in [0.3, 0.4) is 0 Å². The number of hydrogen-bond acceptors (Lipinski definition) is 4. The minimum Gasteiger partial charge on any atom is -0.383 e. The number of fused-ring (bicyclic) bond motifs is 1. The number of nitrogens with zero attached hydrogens (tertiary/aromatic N) is 4. The molecule has 0 spiro atoms. The van der Waals surface area contributed by atoms with Gasteiger partial charge in [0.15, 0.2) is 5.65 Å². The molecule has 0 radical (unpaired) electrons. The standard InChI is InChI=1S/C13H13N5/c1-8-9(2)18(10-5-3-4-6-15-10)13-11(8)12(14)16-7-17-13/h3-7H,1-2H3,(H2,14,16,17). The van der Waals surface area contributed by atoms with E-state index in [1.807, 2.05) is 36.6 Å². The Bertz CT molecular complexity index is 715. The molecule has 3 aromatic rings. The van der Waals surface area contributed by atoms with Crippen LogP contribution in [0.4, 0.5) is 5.82 Å². The molecule has 5 heteroatoms. The van der Waals surface area contributed by atoms with Crippen LogP contribution in [0, 0.1) is 13.8 Å². The van der Waals surface area contributed by atoms with Crippen LogP contribution in [0.1, 0.15) is 11.3 Å². The van der Waals surface area contributed by atoms with E-state index in [-0.39, 0.29) is 0 Å². The van der Waals surface area contributed by atoms with Crippen molar-refractivity contribution < 1.29 is 0 Å². The highest BCUT2D eigenvalue weighted by molar-refractivity contribution is 5.91. The molecule has 0 aliphatic carbocycles. The van der Waals surface area contributed by atoms with Gasteiger partial charge in [0.25, 0.3) is 0 Å². The molecule has 0 unspecified atom stereocenters. The van der Waals surface area contributed by atoms with Crippen LogP contribution in [-0.4, -0.2) is 19.5 Å². The molecule has 0 bridgehead atoms. The van der Waals surface area contributed by atoms with Crippen LogP contribution in [-0.2, 0) is 0 Å². The van der Waals surface area contributed by atoms with E-state index < -0.39 is 0 Å². The van der Waals surface area contributed by atoms with Gasteiger partial charge in [-0.05, 0) is 31.5 Å². The number of pyridine rings is 1. The fourth-order valence-corrected chi connectivity index (χ4v) is 2.19. The zero-order chi connectivity index (χ0) is 12.7. The molecule has 2 N–H and O–H groups in total. The van der Waals surface area contributed by atoms with Gasteiger partial charge in [0, 0.05) is 11.9 Å². The summed E-state index contributed by atoms with van der Waals surface area (Å²) >= 11 is 0. The topological polar surface area (TPSA) is 69.6 Å². The molecule has 5 nitrogen and oxygen atoms in total. The Hall–Kier alpha value is -2.43. The normalized spacial score (nSPS) is 11.0. The Balaban J connectivity index is 2.44. The summed E-state index contributed by atoms with van der Waals surface area (Å²) in [5, 5.41) is 0.903. The van der Waals surface area contributed by atoms with Crippen LogP contribution in [0.25, 0.3) is 16.9 Å². The fraction of sp³-hybridized carbons (Fsp3) is 0.154. The third kappa shape index (κ3) is 1.37. The molecule has 90 valence electrons. The van der Waals surface area contributed by atoms with E-state index in [2.05, 4.69) is 15.0 Å². The Morgan fingerprint density at radius 3 is 2.67 bits per heavy atom. The number of anilines is 1. The summed E-state index contributed by atoms with van der Waals surface area (Å²) < 4.78 is 2.00. The fourth-order valence-electron chi connectivity index (χ4n) is 2.19. The van der Waals surface area contributed by atoms with E-state index >= 15 is 0 Å². The van der Waals surface area contributed by atoms with Crippen LogP contribution < -0.4 is 5.73 Å². The highest BCUT2D eigenvalue weighted by Gasteiger charge is 2.16. The van der Waals surface area contributed by atoms with Crippen molar-refractivity contribution in [2.75, 3.05) is 5.73 Å². The third-order valence-corrected chi connectivity index (χ3v) is 3.20. The molecule has 0 aromatic carbocycles. The predicted octanol–water partition coefficient (Wildman–Crippen LogP) is 2.01. The summed E-state index contributed by atoms with van der Waals surface area (Å²) in [6, 6.07) is 5.79. The van der Waals surface area contributed by atoms with Crippen LogP contribution in [0.2, 0.25) is 0 Å². The first kappa shape index (κ1) is 10.7. The van der Waals surface area contributed by atoms with Crippen molar-refractivity contribution in [3.8, 4) is 5.82 Å². The Morgan fingerprint density at radius 2 is 1.94 bits per heavy atom. The minimum absolute atomic E-state index is 0.510.